The van der Waals surface area contributed by atoms with Crippen LogP contribution in [0.5, 0.6) is 0 Å². The average molecular weight is 309 g/mol. The van der Waals surface area contributed by atoms with Gasteiger partial charge in [0.15, 0.2) is 0 Å². The number of nitrogens with zero attached hydrogens (tertiary/aromatic N) is 1. The first-order valence-electron chi connectivity index (χ1n) is 7.70. The van der Waals surface area contributed by atoms with Crippen LogP contribution in [0.15, 0.2) is 29.2 Å². The number of sulfonamides is 1. The Morgan fingerprint density at radius 3 is 2.48 bits per heavy atom. The van der Waals surface area contributed by atoms with Crippen LogP contribution in [-0.2, 0) is 10.0 Å². The number of hydrogen-bond acceptors (Lipinski definition) is 4. The minimum absolute atomic E-state index is 0.145. The van der Waals surface area contributed by atoms with Crippen molar-refractivity contribution in [3.63, 3.8) is 0 Å². The van der Waals surface area contributed by atoms with Crippen molar-refractivity contribution in [2.75, 3.05) is 24.5 Å². The van der Waals surface area contributed by atoms with Gasteiger partial charge in [0.25, 0.3) is 0 Å². The first-order chi connectivity index (χ1) is 10.1. The van der Waals surface area contributed by atoms with Gasteiger partial charge in [-0.3, -0.25) is 0 Å². The van der Waals surface area contributed by atoms with Gasteiger partial charge in [-0.05, 0) is 57.0 Å². The Hall–Kier alpha value is -1.11. The molecule has 0 amide bonds. The molecule has 21 heavy (non-hydrogen) atoms. The van der Waals surface area contributed by atoms with Crippen molar-refractivity contribution in [3.8, 4) is 0 Å². The zero-order valence-electron chi connectivity index (χ0n) is 12.4. The number of anilines is 1. The highest BCUT2D eigenvalue weighted by Gasteiger charge is 2.28. The molecule has 1 heterocycles. The fourth-order valence-electron chi connectivity index (χ4n) is 2.86. The molecule has 2 N–H and O–H groups in total. The molecule has 2 aliphatic rings. The van der Waals surface area contributed by atoms with Crippen molar-refractivity contribution in [1.82, 2.24) is 10.0 Å². The number of hydrogen-bond donors (Lipinski definition) is 2. The Kier molecular flexibility index (Phi) is 4.19. The van der Waals surface area contributed by atoms with Gasteiger partial charge in [0, 0.05) is 30.9 Å². The molecule has 5 nitrogen and oxygen atoms in total. The van der Waals surface area contributed by atoms with Crippen molar-refractivity contribution < 1.29 is 8.42 Å². The zero-order chi connectivity index (χ0) is 14.9. The normalized spacial score (nSPS) is 22.4. The van der Waals surface area contributed by atoms with E-state index in [2.05, 4.69) is 21.9 Å². The molecule has 0 spiro atoms. The number of nitrogens with one attached hydrogen (secondary N) is 2. The third-order valence-electron chi connectivity index (χ3n) is 4.19. The summed E-state index contributed by atoms with van der Waals surface area (Å²) in [6.45, 7) is 5.12. The lowest BCUT2D eigenvalue weighted by Gasteiger charge is -2.29. The molecule has 1 aliphatic carbocycles. The Labute approximate surface area is 126 Å². The second-order valence-electron chi connectivity index (χ2n) is 5.82. The van der Waals surface area contributed by atoms with Gasteiger partial charge in [0.1, 0.15) is 0 Å². The van der Waals surface area contributed by atoms with Crippen LogP contribution in [-0.4, -0.2) is 40.1 Å². The molecule has 0 aromatic heterocycles. The maximum atomic E-state index is 12.2. The topological polar surface area (TPSA) is 61.4 Å². The number of likely N-dealkylation sites (N-methyl/N-ethyl adjacent to an activating group) is 1. The van der Waals surface area contributed by atoms with E-state index in [1.165, 1.54) is 0 Å². The van der Waals surface area contributed by atoms with Crippen molar-refractivity contribution in [2.45, 2.75) is 43.2 Å². The van der Waals surface area contributed by atoms with E-state index < -0.39 is 10.0 Å². The first kappa shape index (κ1) is 14.8. The van der Waals surface area contributed by atoms with Crippen molar-refractivity contribution >= 4 is 15.7 Å². The van der Waals surface area contributed by atoms with Crippen LogP contribution in [0.4, 0.5) is 5.69 Å². The van der Waals surface area contributed by atoms with Crippen LogP contribution < -0.4 is 14.9 Å². The quantitative estimate of drug-likeness (QED) is 0.832. The molecule has 0 radical (unpaired) electrons. The van der Waals surface area contributed by atoms with Crippen LogP contribution >= 0.6 is 0 Å². The van der Waals surface area contributed by atoms with E-state index in [4.69, 9.17) is 0 Å². The van der Waals surface area contributed by atoms with Crippen LogP contribution in [0.2, 0.25) is 0 Å². The number of rotatable bonds is 6. The predicted octanol–water partition coefficient (Wildman–Crippen LogP) is 1.32. The molecule has 6 heteroatoms. The summed E-state index contributed by atoms with van der Waals surface area (Å²) < 4.78 is 27.0. The first-order valence-corrected chi connectivity index (χ1v) is 9.18. The Bertz CT molecular complexity index is 575. The molecular weight excluding hydrogens is 286 g/mol. The van der Waals surface area contributed by atoms with Gasteiger partial charge in [-0.2, -0.15) is 0 Å². The van der Waals surface area contributed by atoms with Crippen LogP contribution in [0, 0.1) is 0 Å². The maximum absolute atomic E-state index is 12.2. The summed E-state index contributed by atoms with van der Waals surface area (Å²) in [5, 5.41) is 3.37. The average Bonchev–Trinajstić information content (AvgIpc) is 3.11. The number of benzene rings is 1. The summed E-state index contributed by atoms with van der Waals surface area (Å²) in [5.74, 6) is 0. The monoisotopic (exact) mass is 309 g/mol. The fraction of sp³-hybridized carbons (Fsp3) is 0.600. The SMILES string of the molecule is CCN(c1ccc(S(=O)(=O)NC2CC2)cc1)C1CCNC1. The molecule has 2 fully saturated rings. The smallest absolute Gasteiger partial charge is 0.240 e. The minimum Gasteiger partial charge on any atom is -0.367 e. The summed E-state index contributed by atoms with van der Waals surface area (Å²) in [7, 11) is -3.35. The molecule has 0 bridgehead atoms. The lowest BCUT2D eigenvalue weighted by molar-refractivity contribution is 0.581. The van der Waals surface area contributed by atoms with Gasteiger partial charge in [0.05, 0.1) is 4.90 Å². The van der Waals surface area contributed by atoms with Crippen LogP contribution in [0.3, 0.4) is 0 Å². The molecule has 1 aromatic carbocycles. The molecule has 1 aliphatic heterocycles. The summed E-state index contributed by atoms with van der Waals surface area (Å²) in [6.07, 6.45) is 3.04. The minimum atomic E-state index is -3.35. The van der Waals surface area contributed by atoms with Gasteiger partial charge in [-0.25, -0.2) is 13.1 Å². The maximum Gasteiger partial charge on any atom is 0.240 e. The summed E-state index contributed by atoms with van der Waals surface area (Å²) in [6, 6.07) is 7.91. The van der Waals surface area contributed by atoms with Crippen LogP contribution in [0.25, 0.3) is 0 Å². The second kappa shape index (κ2) is 5.94. The van der Waals surface area contributed by atoms with Crippen molar-refractivity contribution in [3.05, 3.63) is 24.3 Å². The molecule has 1 saturated carbocycles. The van der Waals surface area contributed by atoms with Crippen LogP contribution in [0.1, 0.15) is 26.2 Å². The lowest BCUT2D eigenvalue weighted by Crippen LogP contribution is -2.36. The molecule has 1 aromatic rings. The van der Waals surface area contributed by atoms with Gasteiger partial charge < -0.3 is 10.2 Å². The van der Waals surface area contributed by atoms with Gasteiger partial charge in [-0.15, -0.1) is 0 Å². The molecule has 1 atom stereocenters. The molecule has 1 unspecified atom stereocenters. The highest BCUT2D eigenvalue weighted by Crippen LogP contribution is 2.25. The summed E-state index contributed by atoms with van der Waals surface area (Å²) >= 11 is 0. The van der Waals surface area contributed by atoms with Crippen molar-refractivity contribution in [1.29, 1.82) is 0 Å². The Balaban J connectivity index is 1.76. The third kappa shape index (κ3) is 3.39. The molecule has 1 saturated heterocycles. The Morgan fingerprint density at radius 2 is 1.95 bits per heavy atom. The second-order valence-corrected chi connectivity index (χ2v) is 7.54. The van der Waals surface area contributed by atoms with E-state index in [0.29, 0.717) is 10.9 Å². The molecular formula is C15H23N3O2S. The zero-order valence-corrected chi connectivity index (χ0v) is 13.2. The van der Waals surface area contributed by atoms with Gasteiger partial charge in [0.2, 0.25) is 10.0 Å². The third-order valence-corrected chi connectivity index (χ3v) is 5.73. The molecule has 116 valence electrons. The lowest BCUT2D eigenvalue weighted by atomic mass is 10.2. The largest absolute Gasteiger partial charge is 0.367 e. The van der Waals surface area contributed by atoms with Gasteiger partial charge >= 0.3 is 0 Å². The highest BCUT2D eigenvalue weighted by atomic mass is 32.2. The van der Waals surface area contributed by atoms with E-state index in [-0.39, 0.29) is 6.04 Å². The summed E-state index contributed by atoms with van der Waals surface area (Å²) in [4.78, 5) is 2.70. The van der Waals surface area contributed by atoms with E-state index >= 15 is 0 Å². The highest BCUT2D eigenvalue weighted by molar-refractivity contribution is 7.89. The molecule has 3 rings (SSSR count). The fourth-order valence-corrected chi connectivity index (χ4v) is 4.17. The van der Waals surface area contributed by atoms with E-state index in [1.54, 1.807) is 12.1 Å². The van der Waals surface area contributed by atoms with Crippen molar-refractivity contribution in [2.24, 2.45) is 0 Å². The van der Waals surface area contributed by atoms with E-state index in [1.807, 2.05) is 12.1 Å². The summed E-state index contributed by atoms with van der Waals surface area (Å²) in [5.41, 5.74) is 1.09. The van der Waals surface area contributed by atoms with E-state index in [0.717, 1.165) is 44.6 Å². The van der Waals surface area contributed by atoms with E-state index in [9.17, 15) is 8.42 Å². The Morgan fingerprint density at radius 1 is 1.24 bits per heavy atom. The van der Waals surface area contributed by atoms with Gasteiger partial charge in [-0.1, -0.05) is 0 Å². The standard InChI is InChI=1S/C15H23N3O2S/c1-2-18(14-9-10-16-11-14)13-5-7-15(8-6-13)21(19,20)17-12-3-4-12/h5-8,12,14,16-17H,2-4,9-11H2,1H3. The predicted molar refractivity (Wildman–Crippen MR) is 84.1 cm³/mol.